The molecule has 5 fully saturated rings. The second-order valence-electron chi connectivity index (χ2n) is 39.0. The second kappa shape index (κ2) is 46.5. The number of aliphatic hydroxyl groups excluding tert-OH is 2. The van der Waals surface area contributed by atoms with Crippen LogP contribution in [-0.2, 0) is 165 Å². The van der Waals surface area contributed by atoms with E-state index in [1.54, 1.807) is 149 Å². The van der Waals surface area contributed by atoms with E-state index in [2.05, 4.69) is 4.98 Å². The van der Waals surface area contributed by atoms with Gasteiger partial charge in [0.05, 0.1) is 93.8 Å². The van der Waals surface area contributed by atoms with Crippen LogP contribution in [0.3, 0.4) is 0 Å². The van der Waals surface area contributed by atoms with Crippen LogP contribution in [0, 0.1) is 78.1 Å². The van der Waals surface area contributed by atoms with E-state index in [0.29, 0.717) is 93.7 Å². The van der Waals surface area contributed by atoms with E-state index in [0.717, 1.165) is 46.6 Å². The summed E-state index contributed by atoms with van der Waals surface area (Å²) in [4.78, 5) is 83.5. The van der Waals surface area contributed by atoms with E-state index in [1.165, 1.54) is 36.4 Å². The number of benzene rings is 7. The number of fused-ring (bicyclic) bond motifs is 4. The maximum atomic E-state index is 14.6. The third-order valence-electron chi connectivity index (χ3n) is 23.7. The van der Waals surface area contributed by atoms with Crippen molar-refractivity contribution in [2.24, 2.45) is 0 Å². The number of aliphatic hydroxyl groups is 2. The molecule has 0 bridgehead atoms. The third kappa shape index (κ3) is 28.6. The summed E-state index contributed by atoms with van der Waals surface area (Å²) in [7, 11) is -3.82. The average molecular weight is 2130 g/mol. The topological polar surface area (TPSA) is 458 Å². The third-order valence-corrected chi connectivity index (χ3v) is 25.1. The van der Waals surface area contributed by atoms with Gasteiger partial charge in [0.15, 0.2) is 28.9 Å². The smallest absolute Gasteiger partial charge is 0.317 e. The maximum absolute atomic E-state index is 14.6. The molecule has 5 aliphatic heterocycles. The fourth-order valence-electron chi connectivity index (χ4n) is 16.2. The van der Waals surface area contributed by atoms with Crippen molar-refractivity contribution in [1.29, 1.82) is 0 Å². The van der Waals surface area contributed by atoms with Crippen LogP contribution in [-0.4, -0.2) is 187 Å². The number of rotatable bonds is 27. The van der Waals surface area contributed by atoms with Gasteiger partial charge in [-0.25, -0.2) is 4.18 Å². The molecule has 5 aliphatic rings. The van der Waals surface area contributed by atoms with Gasteiger partial charge in [-0.15, -0.1) is 0 Å². The number of aryl methyl sites for hydroxylation is 1. The quantitative estimate of drug-likeness (QED) is 0.00629. The van der Waals surface area contributed by atoms with E-state index < -0.39 is 157 Å². The summed E-state index contributed by atoms with van der Waals surface area (Å²) in [6.45, 7) is 38.0. The molecule has 0 saturated carbocycles. The number of aromatic amines is 1. The first-order chi connectivity index (χ1) is 66.2. The molecule has 4 aromatic heterocycles. The van der Waals surface area contributed by atoms with Gasteiger partial charge in [0, 0.05) is 131 Å². The number of hydrogen-bond donors (Lipinski definition) is 3. The number of carbonyl (C=O) groups excluding carboxylic acids is 3. The number of nitro groups is 4. The first kappa shape index (κ1) is 116. The molecule has 5 atom stereocenters. The van der Waals surface area contributed by atoms with Gasteiger partial charge in [0.25, 0.3) is 10.1 Å². The fraction of sp³-hybridized carbons (Fsp3) is 0.465. The molecule has 43 heteroatoms. The summed E-state index contributed by atoms with van der Waals surface area (Å²) in [5, 5.41) is 63.7. The predicted octanol–water partition coefficient (Wildman–Crippen LogP) is 18.3. The fourth-order valence-corrected chi connectivity index (χ4v) is 17.2. The molecular formula is C101H123F4N8O29PdS-. The van der Waals surface area contributed by atoms with Gasteiger partial charge in [-0.1, -0.05) is 92.2 Å². The molecule has 0 radical (unpaired) electrons. The molecule has 3 N–H and O–H groups in total. The second-order valence-corrected chi connectivity index (χ2v) is 40.6. The minimum absolute atomic E-state index is 0. The summed E-state index contributed by atoms with van der Waals surface area (Å²) in [6, 6.07) is 41.0. The Kier molecular flexibility index (Phi) is 37.5. The summed E-state index contributed by atoms with van der Waals surface area (Å²) in [5.41, 5.74) is 0.359. The number of nitrogens with one attached hydrogen (secondary N) is 1. The van der Waals surface area contributed by atoms with Crippen molar-refractivity contribution in [3.05, 3.63) is 268 Å². The van der Waals surface area contributed by atoms with Crippen molar-refractivity contribution in [3.8, 4) is 0 Å². The van der Waals surface area contributed by atoms with Crippen LogP contribution >= 0.6 is 0 Å². The number of esters is 3. The number of nitrogens with zero attached hydrogens (tertiary/aromatic N) is 7. The Morgan fingerprint density at radius 2 is 0.764 bits per heavy atom. The van der Waals surface area contributed by atoms with Gasteiger partial charge in [0.1, 0.15) is 67.1 Å². The molecule has 144 heavy (non-hydrogen) atoms. The van der Waals surface area contributed by atoms with Crippen molar-refractivity contribution < 1.29 is 156 Å². The summed E-state index contributed by atoms with van der Waals surface area (Å²) < 4.78 is 164. The van der Waals surface area contributed by atoms with E-state index in [4.69, 9.17) is 70.9 Å². The van der Waals surface area contributed by atoms with E-state index in [1.807, 2.05) is 99.8 Å². The van der Waals surface area contributed by atoms with Gasteiger partial charge in [-0.2, -0.15) is 26.0 Å². The minimum Gasteiger partial charge on any atom is -0.462 e. The number of aromatic nitrogens is 4. The SMILES string of the molecule is CC(C)(C(=O)OCc1ccccc1)c1cc2cc([N+](=O)[O-])c(F)cc2[nH]1.CC1(C)OC[C@@H](COC(=O)C(C)(C)c2cc3cc([N+](=O)[O-])c(F)cc3n2C[C@@H]2COC(C)(C)O2)O1.CC1(C)OC[C@@H](Cn2c(C(C)(C)C(=O)OCc3ccccc3)cc3cc([N+](=O)[O-])c(F)cc32)O1.CC1(C)OC[C@@H](Cn2c(C(C)(C)CO)cc3cc([N+](=O)[O-])c(F)cc32)O1.CCO.Cc1ccc(S(=O)(=O)O[C@@H]2COC(C)(C)O2)cc1.[CH3-].[Pd]. The molecule has 16 rings (SSSR count). The molecule has 9 heterocycles. The maximum Gasteiger partial charge on any atom is 0.317 e. The van der Waals surface area contributed by atoms with Crippen LogP contribution in [0.25, 0.3) is 43.6 Å². The van der Waals surface area contributed by atoms with Crippen LogP contribution < -0.4 is 0 Å². The Bertz CT molecular complexity index is 6560. The Morgan fingerprint density at radius 3 is 1.10 bits per heavy atom. The monoisotopic (exact) mass is 2130 g/mol. The number of halogens is 4. The summed E-state index contributed by atoms with van der Waals surface area (Å²) in [6.07, 6.45) is -2.24. The molecule has 0 unspecified atom stereocenters. The number of nitro benzene ring substituents is 4. The number of hydrogen-bond acceptors (Lipinski definition) is 29. The van der Waals surface area contributed by atoms with Crippen molar-refractivity contribution in [2.45, 2.75) is 258 Å². The van der Waals surface area contributed by atoms with E-state index in [9.17, 15) is 85.9 Å². The Hall–Kier alpha value is -11.5. The van der Waals surface area contributed by atoms with Crippen LogP contribution in [0.5, 0.6) is 0 Å². The van der Waals surface area contributed by atoms with Gasteiger partial charge in [-0.3, -0.25) is 54.8 Å². The molecule has 0 aliphatic carbocycles. The van der Waals surface area contributed by atoms with Crippen LogP contribution in [0.15, 0.2) is 163 Å². The Labute approximate surface area is 843 Å². The van der Waals surface area contributed by atoms with E-state index in [-0.39, 0.29) is 104 Å². The van der Waals surface area contributed by atoms with Gasteiger partial charge < -0.3 is 97.9 Å². The minimum atomic E-state index is -3.82. The molecule has 0 amide bonds. The van der Waals surface area contributed by atoms with Crippen molar-refractivity contribution in [1.82, 2.24) is 18.7 Å². The van der Waals surface area contributed by atoms with Gasteiger partial charge in [-0.05, 0) is 172 Å². The summed E-state index contributed by atoms with van der Waals surface area (Å²) in [5.74, 6) is -8.95. The number of H-pyrrole nitrogens is 1. The van der Waals surface area contributed by atoms with E-state index >= 15 is 0 Å². The van der Waals surface area contributed by atoms with Crippen molar-refractivity contribution in [2.75, 3.05) is 52.9 Å². The average Bonchev–Trinajstić information content (AvgIpc) is 1.63. The van der Waals surface area contributed by atoms with Gasteiger partial charge >= 0.3 is 40.7 Å². The Morgan fingerprint density at radius 1 is 0.444 bits per heavy atom. The number of ether oxygens (including phenoxy) is 13. The normalized spacial score (nSPS) is 18.6. The first-order valence-electron chi connectivity index (χ1n) is 45.5. The zero-order valence-electron chi connectivity index (χ0n) is 83.9. The van der Waals surface area contributed by atoms with Crippen LogP contribution in [0.2, 0.25) is 0 Å². The largest absolute Gasteiger partial charge is 0.462 e. The zero-order chi connectivity index (χ0) is 105. The number of carbonyl (C=O) groups is 3. The molecular weight excluding hydrogens is 2000 g/mol. The Balaban J connectivity index is 0.000000201. The van der Waals surface area contributed by atoms with Crippen LogP contribution in [0.1, 0.15) is 171 Å². The zero-order valence-corrected chi connectivity index (χ0v) is 86.2. The standard InChI is InChI=1S/C25H27FN2O6.C24H31FN2O8.C19H17FN2O4.C18H23FN2O5.C12H16O5S.C2H6O.CH3.Pd/c1-24(2,23(29)32-14-16-8-6-5-7-9-16)22-11-17-10-21(28(30)31)19(26)12-20(17)27(22)13-18-15-33-25(3,4)34-18;1-22(2,21(28)31-11-16-13-33-24(5,6)35-16)20-8-14-7-19(27(29)30)17(25)9-18(14)26(20)10-15-12-32-23(3,4)34-15;1-19(2,18(23)26-11-12-6-4-3-5-7-12)17-9-13-8-16(22(24)25)14(20)10-15(13)21-17;1-17(2,10-22)16-6-11-5-15(21(23)24)13(19)7-14(11)20(16)8-12-9-25-18(3,4)26-12;1-9-4-6-10(7-5-9)18(13,14)17-11-8-15-12(2,3)16-11;1-2-3;;/h5-12,18H,13-15H2,1-4H3;7-9,15-16H,10-13H2,1-6H3;3-10,21H,11H2,1-2H3;5-7,12,22H,8-10H2,1-4H3;4-7,11H,8H2,1-3H3;3H,2H2,1H3;1H3;/q;;;;;;-1;/t18-;15-,16-;;12-;11-;;;/m11.11.../s1. The molecule has 37 nitrogen and oxygen atoms in total. The predicted molar refractivity (Wildman–Crippen MR) is 516 cm³/mol. The molecule has 786 valence electrons. The molecule has 7 aromatic carbocycles. The molecule has 0 spiro atoms. The summed E-state index contributed by atoms with van der Waals surface area (Å²) >= 11 is 0. The molecule has 11 aromatic rings. The van der Waals surface area contributed by atoms with Gasteiger partial charge in [0.2, 0.25) is 29.6 Å². The first-order valence-corrected chi connectivity index (χ1v) is 46.9. The molecule has 5 saturated heterocycles. The van der Waals surface area contributed by atoms with Crippen molar-refractivity contribution in [3.63, 3.8) is 0 Å². The van der Waals surface area contributed by atoms with Crippen LogP contribution in [0.4, 0.5) is 40.3 Å². The van der Waals surface area contributed by atoms with Crippen molar-refractivity contribution >= 4 is 94.4 Å².